The fourth-order valence-corrected chi connectivity index (χ4v) is 2.43. The second-order valence-electron chi connectivity index (χ2n) is 4.68. The van der Waals surface area contributed by atoms with E-state index in [9.17, 15) is 13.2 Å². The summed E-state index contributed by atoms with van der Waals surface area (Å²) in [5.41, 5.74) is 4.07. The molecule has 0 fully saturated rings. The Morgan fingerprint density at radius 3 is 2.14 bits per heavy atom. The van der Waals surface area contributed by atoms with Crippen LogP contribution in [0.15, 0.2) is 53.4 Å². The third kappa shape index (κ3) is 4.40. The Labute approximate surface area is 130 Å². The molecule has 0 amide bonds. The molecule has 7 heteroatoms. The van der Waals surface area contributed by atoms with Gasteiger partial charge in [-0.2, -0.15) is 13.2 Å². The van der Waals surface area contributed by atoms with Gasteiger partial charge < -0.3 is 5.43 Å². The number of alkyl halides is 3. The lowest BCUT2D eigenvalue weighted by molar-refractivity contribution is -0.194. The SMILES string of the molecule is Cc1ccc(C(OSc2ccc(NN)cc2)C(F)(F)F)cc1. The first-order valence-electron chi connectivity index (χ1n) is 6.43. The quantitative estimate of drug-likeness (QED) is 0.478. The van der Waals surface area contributed by atoms with Crippen LogP contribution in [-0.4, -0.2) is 6.18 Å². The normalized spacial score (nSPS) is 13.0. The average molecular weight is 328 g/mol. The molecule has 0 heterocycles. The first-order chi connectivity index (χ1) is 10.4. The van der Waals surface area contributed by atoms with E-state index < -0.39 is 12.3 Å². The molecule has 0 aliphatic heterocycles. The third-order valence-corrected chi connectivity index (χ3v) is 3.69. The van der Waals surface area contributed by atoms with E-state index in [0.717, 1.165) is 5.56 Å². The Kier molecular flexibility index (Phi) is 5.33. The molecule has 3 nitrogen and oxygen atoms in total. The van der Waals surface area contributed by atoms with Crippen LogP contribution in [0, 0.1) is 6.92 Å². The van der Waals surface area contributed by atoms with Crippen LogP contribution in [-0.2, 0) is 4.18 Å². The Bertz CT molecular complexity index is 600. The van der Waals surface area contributed by atoms with Crippen molar-refractivity contribution in [3.63, 3.8) is 0 Å². The molecular weight excluding hydrogens is 313 g/mol. The van der Waals surface area contributed by atoms with Crippen molar-refractivity contribution in [2.75, 3.05) is 5.43 Å². The minimum absolute atomic E-state index is 0.0749. The zero-order chi connectivity index (χ0) is 16.2. The Morgan fingerprint density at radius 1 is 1.05 bits per heavy atom. The van der Waals surface area contributed by atoms with Crippen LogP contribution >= 0.6 is 12.0 Å². The van der Waals surface area contributed by atoms with Gasteiger partial charge in [0.25, 0.3) is 0 Å². The predicted octanol–water partition coefficient (Wildman–Crippen LogP) is 4.61. The van der Waals surface area contributed by atoms with Gasteiger partial charge in [-0.3, -0.25) is 10.0 Å². The second kappa shape index (κ2) is 7.04. The molecule has 0 aliphatic rings. The van der Waals surface area contributed by atoms with E-state index in [0.29, 0.717) is 22.6 Å². The second-order valence-corrected chi connectivity index (χ2v) is 5.51. The Morgan fingerprint density at radius 2 is 1.64 bits per heavy atom. The van der Waals surface area contributed by atoms with E-state index in [1.807, 2.05) is 6.92 Å². The zero-order valence-electron chi connectivity index (χ0n) is 11.7. The summed E-state index contributed by atoms with van der Waals surface area (Å²) < 4.78 is 44.5. The molecule has 3 N–H and O–H groups in total. The molecule has 118 valence electrons. The van der Waals surface area contributed by atoms with Crippen molar-refractivity contribution < 1.29 is 17.4 Å². The van der Waals surface area contributed by atoms with Gasteiger partial charge >= 0.3 is 6.18 Å². The summed E-state index contributed by atoms with van der Waals surface area (Å²) in [6.45, 7) is 1.81. The number of nitrogens with two attached hydrogens (primary N) is 1. The van der Waals surface area contributed by atoms with Gasteiger partial charge in [-0.25, -0.2) is 0 Å². The van der Waals surface area contributed by atoms with Crippen LogP contribution in [0.25, 0.3) is 0 Å². The molecule has 0 aromatic heterocycles. The first kappa shape index (κ1) is 16.7. The zero-order valence-corrected chi connectivity index (χ0v) is 12.5. The molecule has 0 radical (unpaired) electrons. The molecule has 1 atom stereocenters. The van der Waals surface area contributed by atoms with Gasteiger partial charge in [0.1, 0.15) is 0 Å². The van der Waals surface area contributed by atoms with E-state index in [-0.39, 0.29) is 5.56 Å². The van der Waals surface area contributed by atoms with Gasteiger partial charge in [0.15, 0.2) is 6.10 Å². The highest BCUT2D eigenvalue weighted by Gasteiger charge is 2.42. The molecule has 1 unspecified atom stereocenters. The fraction of sp³-hybridized carbons (Fsp3) is 0.200. The molecule has 0 aliphatic carbocycles. The van der Waals surface area contributed by atoms with E-state index in [2.05, 4.69) is 5.43 Å². The highest BCUT2D eigenvalue weighted by atomic mass is 32.2. The predicted molar refractivity (Wildman–Crippen MR) is 81.2 cm³/mol. The summed E-state index contributed by atoms with van der Waals surface area (Å²) in [7, 11) is 0. The number of nitrogens with one attached hydrogen (secondary N) is 1. The van der Waals surface area contributed by atoms with E-state index in [1.54, 1.807) is 36.4 Å². The van der Waals surface area contributed by atoms with Crippen LogP contribution in [0.1, 0.15) is 17.2 Å². The van der Waals surface area contributed by atoms with Crippen molar-refractivity contribution in [1.29, 1.82) is 0 Å². The highest BCUT2D eigenvalue weighted by molar-refractivity contribution is 7.94. The number of nitrogen functional groups attached to an aromatic ring is 1. The van der Waals surface area contributed by atoms with Gasteiger partial charge in [0, 0.05) is 22.6 Å². The van der Waals surface area contributed by atoms with Crippen LogP contribution in [0.5, 0.6) is 0 Å². The summed E-state index contributed by atoms with van der Waals surface area (Å²) in [5, 5.41) is 0. The molecule has 22 heavy (non-hydrogen) atoms. The number of hydrogen-bond donors (Lipinski definition) is 2. The lowest BCUT2D eigenvalue weighted by atomic mass is 10.1. The molecule has 0 spiro atoms. The van der Waals surface area contributed by atoms with Crippen LogP contribution in [0.3, 0.4) is 0 Å². The average Bonchev–Trinajstić information content (AvgIpc) is 2.48. The topological polar surface area (TPSA) is 47.3 Å². The maximum Gasteiger partial charge on any atom is 0.420 e. The van der Waals surface area contributed by atoms with Crippen LogP contribution in [0.4, 0.5) is 18.9 Å². The molecule has 2 aromatic rings. The molecular formula is C15H15F3N2OS. The van der Waals surface area contributed by atoms with Crippen molar-refractivity contribution in [3.8, 4) is 0 Å². The maximum absolute atomic E-state index is 13.2. The highest BCUT2D eigenvalue weighted by Crippen LogP contribution is 2.40. The smallest absolute Gasteiger partial charge is 0.324 e. The maximum atomic E-state index is 13.2. The summed E-state index contributed by atoms with van der Waals surface area (Å²) >= 11 is 0.685. The lowest BCUT2D eigenvalue weighted by Crippen LogP contribution is -2.21. The number of hydrogen-bond acceptors (Lipinski definition) is 4. The molecule has 0 saturated carbocycles. The van der Waals surface area contributed by atoms with E-state index >= 15 is 0 Å². The number of rotatable bonds is 5. The Balaban J connectivity index is 2.11. The first-order valence-corrected chi connectivity index (χ1v) is 7.17. The van der Waals surface area contributed by atoms with Gasteiger partial charge in [-0.15, -0.1) is 0 Å². The van der Waals surface area contributed by atoms with Crippen molar-refractivity contribution in [3.05, 3.63) is 59.7 Å². The summed E-state index contributed by atoms with van der Waals surface area (Å²) in [6, 6.07) is 12.7. The monoisotopic (exact) mass is 328 g/mol. The molecule has 2 aromatic carbocycles. The minimum atomic E-state index is -4.49. The van der Waals surface area contributed by atoms with Gasteiger partial charge in [-0.1, -0.05) is 29.8 Å². The molecule has 2 rings (SSSR count). The van der Waals surface area contributed by atoms with Gasteiger partial charge in [-0.05, 0) is 36.8 Å². The molecule has 0 saturated heterocycles. The summed E-state index contributed by atoms with van der Waals surface area (Å²) in [4.78, 5) is 0.556. The number of halogens is 3. The van der Waals surface area contributed by atoms with Crippen molar-refractivity contribution >= 4 is 17.7 Å². The number of benzene rings is 2. The van der Waals surface area contributed by atoms with E-state index in [4.69, 9.17) is 10.0 Å². The standard InChI is InChI=1S/C15H15F3N2OS/c1-10-2-4-11(5-3-10)14(15(16,17)18)21-22-13-8-6-12(20-19)7-9-13/h2-9,14,20H,19H2,1H3. The number of anilines is 1. The van der Waals surface area contributed by atoms with Crippen molar-refractivity contribution in [2.24, 2.45) is 5.84 Å². The summed E-state index contributed by atoms with van der Waals surface area (Å²) in [6.07, 6.45) is -6.47. The van der Waals surface area contributed by atoms with Gasteiger partial charge in [0.05, 0.1) is 0 Å². The number of aryl methyl sites for hydroxylation is 1. The summed E-state index contributed by atoms with van der Waals surface area (Å²) in [5.74, 6) is 5.23. The Hall–Kier alpha value is -1.70. The number of hydrazine groups is 1. The van der Waals surface area contributed by atoms with Crippen molar-refractivity contribution in [1.82, 2.24) is 0 Å². The van der Waals surface area contributed by atoms with Crippen molar-refractivity contribution in [2.45, 2.75) is 24.1 Å². The molecule has 0 bridgehead atoms. The minimum Gasteiger partial charge on any atom is -0.324 e. The lowest BCUT2D eigenvalue weighted by Gasteiger charge is -2.20. The van der Waals surface area contributed by atoms with Crippen LogP contribution < -0.4 is 11.3 Å². The third-order valence-electron chi connectivity index (χ3n) is 2.94. The van der Waals surface area contributed by atoms with E-state index in [1.165, 1.54) is 12.1 Å². The fourth-order valence-electron chi connectivity index (χ4n) is 1.75. The van der Waals surface area contributed by atoms with Crippen LogP contribution in [0.2, 0.25) is 0 Å². The van der Waals surface area contributed by atoms with Gasteiger partial charge in [0.2, 0.25) is 0 Å². The largest absolute Gasteiger partial charge is 0.420 e.